The molecule has 2 aromatic carbocycles. The maximum atomic E-state index is 13.4. The summed E-state index contributed by atoms with van der Waals surface area (Å²) >= 11 is 0. The number of carbonyl (C=O) groups excluding carboxylic acids is 1. The summed E-state index contributed by atoms with van der Waals surface area (Å²) in [6.07, 6.45) is 8.49. The van der Waals surface area contributed by atoms with E-state index in [2.05, 4.69) is 16.5 Å². The molecule has 1 amide bonds. The number of nitrogens with zero attached hydrogens (tertiary/aromatic N) is 1. The highest BCUT2D eigenvalue weighted by molar-refractivity contribution is 7.89. The molecule has 1 saturated carbocycles. The fourth-order valence-corrected chi connectivity index (χ4v) is 8.33. The van der Waals surface area contributed by atoms with E-state index in [0.29, 0.717) is 23.1 Å². The number of amides is 1. The molecule has 3 aliphatic rings. The minimum Gasteiger partial charge on any atom is -0.337 e. The Balaban J connectivity index is 1.45. The molecule has 6 heteroatoms. The van der Waals surface area contributed by atoms with Crippen LogP contribution >= 0.6 is 0 Å². The van der Waals surface area contributed by atoms with Crippen LogP contribution in [0.1, 0.15) is 64.7 Å². The average Bonchev–Trinajstić information content (AvgIpc) is 3.16. The number of hydrogen-bond donors (Lipinski definition) is 1. The molecule has 172 valence electrons. The smallest absolute Gasteiger partial charge is 0.240 e. The van der Waals surface area contributed by atoms with E-state index in [1.165, 1.54) is 0 Å². The molecule has 5 nitrogen and oxygen atoms in total. The van der Waals surface area contributed by atoms with E-state index in [0.717, 1.165) is 68.7 Å². The lowest BCUT2D eigenvalue weighted by Gasteiger charge is -2.53. The van der Waals surface area contributed by atoms with Crippen LogP contribution < -0.4 is 4.72 Å². The summed E-state index contributed by atoms with van der Waals surface area (Å²) < 4.78 is 30.0. The van der Waals surface area contributed by atoms with E-state index in [4.69, 9.17) is 0 Å². The van der Waals surface area contributed by atoms with Crippen LogP contribution in [0.15, 0.2) is 47.4 Å². The molecule has 2 aliphatic heterocycles. The van der Waals surface area contributed by atoms with Crippen molar-refractivity contribution in [2.75, 3.05) is 6.54 Å². The highest BCUT2D eigenvalue weighted by Crippen LogP contribution is 2.52. The lowest BCUT2D eigenvalue weighted by atomic mass is 9.61. The molecule has 1 spiro atoms. The number of benzene rings is 2. The topological polar surface area (TPSA) is 66.5 Å². The highest BCUT2D eigenvalue weighted by Gasteiger charge is 2.56. The van der Waals surface area contributed by atoms with Gasteiger partial charge in [-0.2, -0.15) is 0 Å². The van der Waals surface area contributed by atoms with Crippen molar-refractivity contribution in [3.8, 4) is 0 Å². The number of sulfonamides is 1. The van der Waals surface area contributed by atoms with E-state index >= 15 is 0 Å². The molecule has 1 N–H and O–H groups in total. The molecule has 0 unspecified atom stereocenters. The van der Waals surface area contributed by atoms with Crippen molar-refractivity contribution in [1.29, 1.82) is 0 Å². The van der Waals surface area contributed by atoms with Gasteiger partial charge in [0.15, 0.2) is 0 Å². The van der Waals surface area contributed by atoms with Gasteiger partial charge in [-0.25, -0.2) is 13.1 Å². The fraction of sp³-hybridized carbons (Fsp3) is 0.577. The molecule has 5 rings (SSSR count). The van der Waals surface area contributed by atoms with Gasteiger partial charge in [-0.15, -0.1) is 0 Å². The van der Waals surface area contributed by atoms with Crippen LogP contribution in [0.3, 0.4) is 0 Å². The first-order valence-electron chi connectivity index (χ1n) is 12.3. The normalized spacial score (nSPS) is 30.7. The third kappa shape index (κ3) is 3.65. The molecule has 2 heterocycles. The van der Waals surface area contributed by atoms with Crippen LogP contribution in [0, 0.1) is 11.8 Å². The summed E-state index contributed by atoms with van der Waals surface area (Å²) in [6, 6.07) is 13.2. The standard InChI is InChI=1S/C26H34N2O3S/c1-2-7-22-23-10-5-11-25(29)28-17-6-15-26(23,28)16-14-24(22)27-32(30,31)21-13-12-19-8-3-4-9-20(19)18-21/h3-4,8-9,12-13,18,22-24,27H,2,5-7,10-11,14-17H2,1H3/t22-,23+,24+,26-/m1/s1. The Bertz CT molecular complexity index is 1120. The van der Waals surface area contributed by atoms with Crippen LogP contribution in [0.5, 0.6) is 0 Å². The van der Waals surface area contributed by atoms with Crippen molar-refractivity contribution in [2.24, 2.45) is 11.8 Å². The van der Waals surface area contributed by atoms with E-state index < -0.39 is 10.0 Å². The second kappa shape index (κ2) is 8.45. The molecule has 1 aliphatic carbocycles. The zero-order chi connectivity index (χ0) is 22.3. The number of rotatable bonds is 5. The molecule has 2 saturated heterocycles. The Labute approximate surface area is 191 Å². The zero-order valence-corrected chi connectivity index (χ0v) is 19.7. The molecule has 32 heavy (non-hydrogen) atoms. The van der Waals surface area contributed by atoms with Crippen molar-refractivity contribution in [1.82, 2.24) is 9.62 Å². The van der Waals surface area contributed by atoms with E-state index in [9.17, 15) is 13.2 Å². The molecule has 3 fully saturated rings. The van der Waals surface area contributed by atoms with E-state index in [1.807, 2.05) is 30.3 Å². The lowest BCUT2D eigenvalue weighted by molar-refractivity contribution is -0.138. The molecule has 2 aromatic rings. The molecular weight excluding hydrogens is 420 g/mol. The second-order valence-electron chi connectivity index (χ2n) is 9.98. The molecule has 4 atom stereocenters. The minimum absolute atomic E-state index is 0.0433. The summed E-state index contributed by atoms with van der Waals surface area (Å²) in [6.45, 7) is 3.06. The Morgan fingerprint density at radius 2 is 1.88 bits per heavy atom. The Morgan fingerprint density at radius 1 is 1.06 bits per heavy atom. The Kier molecular flexibility index (Phi) is 5.79. The predicted octanol–water partition coefficient (Wildman–Crippen LogP) is 4.86. The maximum Gasteiger partial charge on any atom is 0.240 e. The van der Waals surface area contributed by atoms with E-state index in [-0.39, 0.29) is 17.5 Å². The molecular formula is C26H34N2O3S. The van der Waals surface area contributed by atoms with Gasteiger partial charge in [0, 0.05) is 24.5 Å². The van der Waals surface area contributed by atoms with Crippen LogP contribution in [-0.2, 0) is 14.8 Å². The third-order valence-corrected chi connectivity index (χ3v) is 9.80. The van der Waals surface area contributed by atoms with Gasteiger partial charge in [0.2, 0.25) is 15.9 Å². The van der Waals surface area contributed by atoms with Gasteiger partial charge in [-0.05, 0) is 79.7 Å². The van der Waals surface area contributed by atoms with Gasteiger partial charge in [0.1, 0.15) is 0 Å². The van der Waals surface area contributed by atoms with Crippen molar-refractivity contribution in [3.05, 3.63) is 42.5 Å². The first-order valence-corrected chi connectivity index (χ1v) is 13.7. The number of nitrogens with one attached hydrogen (secondary N) is 1. The average molecular weight is 455 g/mol. The summed E-state index contributed by atoms with van der Waals surface area (Å²) in [5.41, 5.74) is -0.0433. The van der Waals surface area contributed by atoms with Crippen LogP contribution in [0.4, 0.5) is 0 Å². The summed E-state index contributed by atoms with van der Waals surface area (Å²) in [5.74, 6) is 0.973. The second-order valence-corrected chi connectivity index (χ2v) is 11.7. The maximum absolute atomic E-state index is 13.4. The summed E-state index contributed by atoms with van der Waals surface area (Å²) in [7, 11) is -3.62. The number of fused-ring (bicyclic) bond motifs is 1. The largest absolute Gasteiger partial charge is 0.337 e. The van der Waals surface area contributed by atoms with Crippen molar-refractivity contribution < 1.29 is 13.2 Å². The SMILES string of the molecule is CCC[C@H]1[C@@H](NS(=O)(=O)c2ccc3ccccc3c2)CC[C@@]23CCCN2C(=O)CCC[C@@H]13. The van der Waals surface area contributed by atoms with Crippen LogP contribution in [0.25, 0.3) is 10.8 Å². The van der Waals surface area contributed by atoms with E-state index in [1.54, 1.807) is 12.1 Å². The fourth-order valence-electron chi connectivity index (χ4n) is 6.98. The third-order valence-electron chi connectivity index (χ3n) is 8.31. The van der Waals surface area contributed by atoms with Crippen LogP contribution in [0.2, 0.25) is 0 Å². The van der Waals surface area contributed by atoms with Crippen molar-refractivity contribution in [3.63, 3.8) is 0 Å². The van der Waals surface area contributed by atoms with Gasteiger partial charge < -0.3 is 4.90 Å². The summed E-state index contributed by atoms with van der Waals surface area (Å²) in [4.78, 5) is 15.4. The Hall–Kier alpha value is -1.92. The first kappa shape index (κ1) is 21.9. The quantitative estimate of drug-likeness (QED) is 0.702. The molecule has 0 aromatic heterocycles. The monoisotopic (exact) mass is 454 g/mol. The van der Waals surface area contributed by atoms with Gasteiger partial charge in [-0.3, -0.25) is 4.79 Å². The van der Waals surface area contributed by atoms with Crippen molar-refractivity contribution in [2.45, 2.75) is 81.2 Å². The number of hydrogen-bond acceptors (Lipinski definition) is 3. The first-order chi connectivity index (χ1) is 15.4. The minimum atomic E-state index is -3.62. The van der Waals surface area contributed by atoms with Gasteiger partial charge in [-0.1, -0.05) is 43.7 Å². The Morgan fingerprint density at radius 3 is 2.69 bits per heavy atom. The number of carbonyl (C=O) groups is 1. The van der Waals surface area contributed by atoms with Gasteiger partial charge in [0.25, 0.3) is 0 Å². The van der Waals surface area contributed by atoms with Crippen molar-refractivity contribution >= 4 is 26.7 Å². The molecule has 0 bridgehead atoms. The highest BCUT2D eigenvalue weighted by atomic mass is 32.2. The zero-order valence-electron chi connectivity index (χ0n) is 18.9. The summed E-state index contributed by atoms with van der Waals surface area (Å²) in [5, 5.41) is 1.98. The lowest BCUT2D eigenvalue weighted by Crippen LogP contribution is -2.60. The van der Waals surface area contributed by atoms with Crippen LogP contribution in [-0.4, -0.2) is 37.4 Å². The molecule has 0 radical (unpaired) electrons. The van der Waals surface area contributed by atoms with Gasteiger partial charge >= 0.3 is 0 Å². The van der Waals surface area contributed by atoms with Gasteiger partial charge in [0.05, 0.1) is 4.90 Å². The predicted molar refractivity (Wildman–Crippen MR) is 127 cm³/mol.